The molecule has 0 aliphatic carbocycles. The average molecular weight is 218 g/mol. The Morgan fingerprint density at radius 2 is 2.19 bits per heavy atom. The summed E-state index contributed by atoms with van der Waals surface area (Å²) in [5.41, 5.74) is 1.18. The predicted molar refractivity (Wildman–Crippen MR) is 59.9 cm³/mol. The molecule has 4 heteroatoms. The maximum absolute atomic E-state index is 9.61. The normalized spacial score (nSPS) is 19.9. The molecule has 0 saturated carbocycles. The Morgan fingerprint density at radius 3 is 2.88 bits per heavy atom. The lowest BCUT2D eigenvalue weighted by Crippen LogP contribution is -2.59. The second-order valence-corrected chi connectivity index (χ2v) is 4.72. The fourth-order valence-electron chi connectivity index (χ4n) is 2.21. The highest BCUT2D eigenvalue weighted by molar-refractivity contribution is 5.72. The average Bonchev–Trinajstić information content (AvgIpc) is 2.56. The van der Waals surface area contributed by atoms with Gasteiger partial charge in [0.1, 0.15) is 5.52 Å². The van der Waals surface area contributed by atoms with Crippen molar-refractivity contribution in [3.05, 3.63) is 30.2 Å². The molecule has 0 unspecified atom stereocenters. The minimum atomic E-state index is -0.536. The van der Waals surface area contributed by atoms with Crippen molar-refractivity contribution >= 4 is 11.1 Å². The number of hydrogen-bond donors (Lipinski definition) is 1. The van der Waals surface area contributed by atoms with Crippen molar-refractivity contribution in [3.8, 4) is 0 Å². The van der Waals surface area contributed by atoms with E-state index in [2.05, 4.69) is 9.88 Å². The van der Waals surface area contributed by atoms with Crippen LogP contribution in [-0.2, 0) is 6.54 Å². The van der Waals surface area contributed by atoms with E-state index in [1.54, 1.807) is 0 Å². The van der Waals surface area contributed by atoms with E-state index in [0.717, 1.165) is 17.0 Å². The van der Waals surface area contributed by atoms with Crippen molar-refractivity contribution in [1.29, 1.82) is 0 Å². The van der Waals surface area contributed by atoms with Gasteiger partial charge in [0.25, 0.3) is 0 Å². The van der Waals surface area contributed by atoms with Gasteiger partial charge in [-0.1, -0.05) is 12.1 Å². The van der Waals surface area contributed by atoms with Gasteiger partial charge in [0, 0.05) is 13.1 Å². The zero-order chi connectivity index (χ0) is 11.2. The molecular formula is C12H14N2O2. The Labute approximate surface area is 93.5 Å². The highest BCUT2D eigenvalue weighted by atomic mass is 16.3. The Bertz CT molecular complexity index is 477. The summed E-state index contributed by atoms with van der Waals surface area (Å²) in [4.78, 5) is 6.51. The Hall–Kier alpha value is -1.39. The van der Waals surface area contributed by atoms with Crippen molar-refractivity contribution in [2.75, 3.05) is 13.1 Å². The minimum absolute atomic E-state index is 0.536. The standard InChI is InChI=1S/C12H14N2O2/c1-12(15)7-14(8-12)6-11-13-9-4-2-3-5-10(9)16-11/h2-5,15H,6-8H2,1H3. The zero-order valence-electron chi connectivity index (χ0n) is 9.18. The highest BCUT2D eigenvalue weighted by Gasteiger charge is 2.36. The van der Waals surface area contributed by atoms with Crippen molar-refractivity contribution in [2.45, 2.75) is 19.1 Å². The van der Waals surface area contributed by atoms with Crippen LogP contribution in [0, 0.1) is 0 Å². The van der Waals surface area contributed by atoms with Gasteiger partial charge in [-0.3, -0.25) is 4.90 Å². The highest BCUT2D eigenvalue weighted by Crippen LogP contribution is 2.23. The Balaban J connectivity index is 1.76. The summed E-state index contributed by atoms with van der Waals surface area (Å²) < 4.78 is 5.61. The van der Waals surface area contributed by atoms with E-state index in [-0.39, 0.29) is 0 Å². The molecule has 1 aliphatic rings. The molecule has 16 heavy (non-hydrogen) atoms. The first-order chi connectivity index (χ1) is 7.62. The number of para-hydroxylation sites is 2. The van der Waals surface area contributed by atoms with Crippen molar-refractivity contribution in [2.24, 2.45) is 0 Å². The number of oxazole rings is 1. The summed E-state index contributed by atoms with van der Waals surface area (Å²) in [6.45, 7) is 3.89. The SMILES string of the molecule is CC1(O)CN(Cc2nc3ccccc3o2)C1. The quantitative estimate of drug-likeness (QED) is 0.827. The summed E-state index contributed by atoms with van der Waals surface area (Å²) in [6, 6.07) is 7.74. The van der Waals surface area contributed by atoms with E-state index < -0.39 is 5.60 Å². The molecule has 1 aromatic carbocycles. The fourth-order valence-corrected chi connectivity index (χ4v) is 2.21. The first kappa shape index (κ1) is 9.81. The topological polar surface area (TPSA) is 49.5 Å². The van der Waals surface area contributed by atoms with Gasteiger partial charge >= 0.3 is 0 Å². The van der Waals surface area contributed by atoms with Crippen molar-refractivity contribution in [1.82, 2.24) is 9.88 Å². The van der Waals surface area contributed by atoms with Gasteiger partial charge in [0.2, 0.25) is 5.89 Å². The van der Waals surface area contributed by atoms with E-state index in [1.807, 2.05) is 31.2 Å². The van der Waals surface area contributed by atoms with Crippen LogP contribution >= 0.6 is 0 Å². The van der Waals surface area contributed by atoms with E-state index in [1.165, 1.54) is 0 Å². The molecule has 3 rings (SSSR count). The van der Waals surface area contributed by atoms with Crippen LogP contribution in [0.3, 0.4) is 0 Å². The smallest absolute Gasteiger partial charge is 0.209 e. The van der Waals surface area contributed by atoms with E-state index in [0.29, 0.717) is 19.6 Å². The second-order valence-electron chi connectivity index (χ2n) is 4.72. The van der Waals surface area contributed by atoms with Gasteiger partial charge in [0.15, 0.2) is 5.58 Å². The molecule has 2 aromatic rings. The summed E-state index contributed by atoms with van der Waals surface area (Å²) >= 11 is 0. The van der Waals surface area contributed by atoms with E-state index in [4.69, 9.17) is 4.42 Å². The largest absolute Gasteiger partial charge is 0.439 e. The van der Waals surface area contributed by atoms with Gasteiger partial charge in [-0.25, -0.2) is 4.98 Å². The van der Waals surface area contributed by atoms with Gasteiger partial charge < -0.3 is 9.52 Å². The Kier molecular flexibility index (Phi) is 2.02. The molecule has 0 atom stereocenters. The number of likely N-dealkylation sites (tertiary alicyclic amines) is 1. The third-order valence-electron chi connectivity index (χ3n) is 2.83. The van der Waals surface area contributed by atoms with Gasteiger partial charge in [-0.05, 0) is 19.1 Å². The number of β-amino-alcohol motifs (C(OH)–C–C–N with tert-alkyl or cyclic N) is 1. The van der Waals surface area contributed by atoms with Crippen LogP contribution in [0.25, 0.3) is 11.1 Å². The molecule has 0 bridgehead atoms. The molecule has 1 aromatic heterocycles. The fraction of sp³-hybridized carbons (Fsp3) is 0.417. The third-order valence-corrected chi connectivity index (χ3v) is 2.83. The van der Waals surface area contributed by atoms with Crippen LogP contribution in [0.1, 0.15) is 12.8 Å². The zero-order valence-corrected chi connectivity index (χ0v) is 9.18. The number of rotatable bonds is 2. The van der Waals surface area contributed by atoms with Crippen LogP contribution in [0.2, 0.25) is 0 Å². The van der Waals surface area contributed by atoms with Crippen LogP contribution in [-0.4, -0.2) is 33.7 Å². The van der Waals surface area contributed by atoms with E-state index in [9.17, 15) is 5.11 Å². The number of benzene rings is 1. The number of fused-ring (bicyclic) bond motifs is 1. The predicted octanol–water partition coefficient (Wildman–Crippen LogP) is 1.39. The van der Waals surface area contributed by atoms with Gasteiger partial charge in [-0.2, -0.15) is 0 Å². The maximum Gasteiger partial charge on any atom is 0.209 e. The molecule has 1 aliphatic heterocycles. The van der Waals surface area contributed by atoms with Crippen molar-refractivity contribution < 1.29 is 9.52 Å². The molecule has 84 valence electrons. The third kappa shape index (κ3) is 1.70. The number of hydrogen-bond acceptors (Lipinski definition) is 4. The Morgan fingerprint density at radius 1 is 1.44 bits per heavy atom. The number of aromatic nitrogens is 1. The van der Waals surface area contributed by atoms with Crippen LogP contribution in [0.4, 0.5) is 0 Å². The molecule has 1 N–H and O–H groups in total. The lowest BCUT2D eigenvalue weighted by molar-refractivity contribution is -0.0895. The van der Waals surface area contributed by atoms with Crippen LogP contribution in [0.5, 0.6) is 0 Å². The summed E-state index contributed by atoms with van der Waals surface area (Å²) in [5.74, 6) is 0.719. The lowest BCUT2D eigenvalue weighted by atomic mass is 9.97. The van der Waals surface area contributed by atoms with Gasteiger partial charge in [-0.15, -0.1) is 0 Å². The van der Waals surface area contributed by atoms with Crippen LogP contribution < -0.4 is 0 Å². The van der Waals surface area contributed by atoms with Gasteiger partial charge in [0.05, 0.1) is 12.1 Å². The van der Waals surface area contributed by atoms with Crippen molar-refractivity contribution in [3.63, 3.8) is 0 Å². The number of nitrogens with zero attached hydrogens (tertiary/aromatic N) is 2. The molecule has 2 heterocycles. The van der Waals surface area contributed by atoms with E-state index >= 15 is 0 Å². The molecule has 0 radical (unpaired) electrons. The molecular weight excluding hydrogens is 204 g/mol. The summed E-state index contributed by atoms with van der Waals surface area (Å²) in [5, 5.41) is 9.61. The second kappa shape index (κ2) is 3.30. The number of aliphatic hydroxyl groups is 1. The molecule has 1 saturated heterocycles. The molecule has 4 nitrogen and oxygen atoms in total. The first-order valence-corrected chi connectivity index (χ1v) is 5.42. The molecule has 1 fully saturated rings. The maximum atomic E-state index is 9.61. The lowest BCUT2D eigenvalue weighted by Gasteiger charge is -2.43. The summed E-state index contributed by atoms with van der Waals surface area (Å²) in [6.07, 6.45) is 0. The molecule has 0 amide bonds. The summed E-state index contributed by atoms with van der Waals surface area (Å²) in [7, 11) is 0. The van der Waals surface area contributed by atoms with Crippen LogP contribution in [0.15, 0.2) is 28.7 Å². The monoisotopic (exact) mass is 218 g/mol. The molecule has 0 spiro atoms. The first-order valence-electron chi connectivity index (χ1n) is 5.42. The minimum Gasteiger partial charge on any atom is -0.439 e.